The number of phenols is 1. The second-order valence-corrected chi connectivity index (χ2v) is 4.70. The molecule has 0 aliphatic rings. The number of nitrogens with zero attached hydrogens (tertiary/aromatic N) is 2. The molecule has 20 heavy (non-hydrogen) atoms. The van der Waals surface area contributed by atoms with Crippen molar-refractivity contribution in [3.63, 3.8) is 0 Å². The van der Waals surface area contributed by atoms with Gasteiger partial charge in [-0.05, 0) is 60.0 Å². The molecule has 3 rings (SSSR count). The molecular formula is C17H14N2O. The van der Waals surface area contributed by atoms with Crippen LogP contribution in [-0.2, 0) is 0 Å². The van der Waals surface area contributed by atoms with Crippen molar-refractivity contribution in [1.29, 1.82) is 0 Å². The van der Waals surface area contributed by atoms with Crippen molar-refractivity contribution in [1.82, 2.24) is 9.97 Å². The van der Waals surface area contributed by atoms with Crippen LogP contribution >= 0.6 is 0 Å². The Bertz CT molecular complexity index is 736. The fourth-order valence-corrected chi connectivity index (χ4v) is 2.08. The first-order valence-corrected chi connectivity index (χ1v) is 6.41. The predicted molar refractivity (Wildman–Crippen MR) is 79.3 cm³/mol. The van der Waals surface area contributed by atoms with Gasteiger partial charge in [0.15, 0.2) is 0 Å². The van der Waals surface area contributed by atoms with E-state index in [0.29, 0.717) is 0 Å². The van der Waals surface area contributed by atoms with Gasteiger partial charge in [0.2, 0.25) is 0 Å². The molecule has 0 atom stereocenters. The average Bonchev–Trinajstić information content (AvgIpc) is 2.48. The van der Waals surface area contributed by atoms with Crippen molar-refractivity contribution >= 4 is 0 Å². The molecular weight excluding hydrogens is 248 g/mol. The standard InChI is InChI=1S/C17H14N2O/c1-12-6-8-18-16(10-12)17-11-14(7-9-19-17)13-2-4-15(20)5-3-13/h2-11,20H,1H3. The predicted octanol–water partition coefficient (Wildman–Crippen LogP) is 3.82. The van der Waals surface area contributed by atoms with Crippen molar-refractivity contribution < 1.29 is 5.11 Å². The quantitative estimate of drug-likeness (QED) is 0.763. The van der Waals surface area contributed by atoms with E-state index < -0.39 is 0 Å². The van der Waals surface area contributed by atoms with E-state index in [0.717, 1.165) is 28.1 Å². The summed E-state index contributed by atoms with van der Waals surface area (Å²) < 4.78 is 0. The minimum absolute atomic E-state index is 0.267. The van der Waals surface area contributed by atoms with Crippen LogP contribution in [0.1, 0.15) is 5.56 Å². The zero-order valence-electron chi connectivity index (χ0n) is 11.1. The van der Waals surface area contributed by atoms with Crippen LogP contribution in [0.5, 0.6) is 5.75 Å². The van der Waals surface area contributed by atoms with Crippen molar-refractivity contribution in [2.45, 2.75) is 6.92 Å². The third-order valence-corrected chi connectivity index (χ3v) is 3.14. The number of aromatic nitrogens is 2. The van der Waals surface area contributed by atoms with E-state index in [2.05, 4.69) is 9.97 Å². The van der Waals surface area contributed by atoms with Crippen LogP contribution in [0, 0.1) is 6.92 Å². The Balaban J connectivity index is 2.03. The van der Waals surface area contributed by atoms with Crippen molar-refractivity contribution in [2.24, 2.45) is 0 Å². The van der Waals surface area contributed by atoms with E-state index in [1.165, 1.54) is 0 Å². The fourth-order valence-electron chi connectivity index (χ4n) is 2.08. The summed E-state index contributed by atoms with van der Waals surface area (Å²) in [6.07, 6.45) is 3.57. The summed E-state index contributed by atoms with van der Waals surface area (Å²) in [6, 6.07) is 15.1. The Morgan fingerprint density at radius 2 is 1.40 bits per heavy atom. The molecule has 0 aliphatic heterocycles. The summed E-state index contributed by atoms with van der Waals surface area (Å²) in [5.41, 5.74) is 4.97. The first-order valence-electron chi connectivity index (χ1n) is 6.41. The van der Waals surface area contributed by atoms with Crippen LogP contribution < -0.4 is 0 Å². The second-order valence-electron chi connectivity index (χ2n) is 4.70. The largest absolute Gasteiger partial charge is 0.508 e. The Kier molecular flexibility index (Phi) is 3.17. The maximum atomic E-state index is 9.34. The summed E-state index contributed by atoms with van der Waals surface area (Å²) in [5.74, 6) is 0.267. The van der Waals surface area contributed by atoms with Gasteiger partial charge in [0.05, 0.1) is 11.4 Å². The molecule has 2 heterocycles. The minimum atomic E-state index is 0.267. The van der Waals surface area contributed by atoms with Gasteiger partial charge in [0.1, 0.15) is 5.75 Å². The zero-order valence-corrected chi connectivity index (χ0v) is 11.1. The Labute approximate surface area is 117 Å². The molecule has 0 saturated heterocycles. The van der Waals surface area contributed by atoms with Gasteiger partial charge in [0.25, 0.3) is 0 Å². The van der Waals surface area contributed by atoms with Gasteiger partial charge in [-0.25, -0.2) is 0 Å². The van der Waals surface area contributed by atoms with Gasteiger partial charge in [-0.15, -0.1) is 0 Å². The normalized spacial score (nSPS) is 10.4. The average molecular weight is 262 g/mol. The molecule has 2 aromatic heterocycles. The van der Waals surface area contributed by atoms with Gasteiger partial charge in [-0.2, -0.15) is 0 Å². The van der Waals surface area contributed by atoms with E-state index in [1.54, 1.807) is 24.5 Å². The highest BCUT2D eigenvalue weighted by Crippen LogP contribution is 2.25. The molecule has 0 spiro atoms. The van der Waals surface area contributed by atoms with Crippen molar-refractivity contribution in [3.8, 4) is 28.3 Å². The first kappa shape index (κ1) is 12.4. The summed E-state index contributed by atoms with van der Waals surface area (Å²) in [4.78, 5) is 8.74. The highest BCUT2D eigenvalue weighted by molar-refractivity contribution is 5.69. The second kappa shape index (κ2) is 5.13. The number of hydrogen-bond acceptors (Lipinski definition) is 3. The van der Waals surface area contributed by atoms with Gasteiger partial charge in [0, 0.05) is 12.4 Å². The zero-order chi connectivity index (χ0) is 13.9. The van der Waals surface area contributed by atoms with Gasteiger partial charge in [-0.3, -0.25) is 9.97 Å². The molecule has 0 saturated carbocycles. The van der Waals surface area contributed by atoms with Gasteiger partial charge >= 0.3 is 0 Å². The first-order chi connectivity index (χ1) is 9.72. The molecule has 0 radical (unpaired) electrons. The molecule has 3 heteroatoms. The van der Waals surface area contributed by atoms with Crippen LogP contribution in [0.3, 0.4) is 0 Å². The summed E-state index contributed by atoms with van der Waals surface area (Å²) in [5, 5.41) is 9.34. The van der Waals surface area contributed by atoms with Crippen LogP contribution in [0.2, 0.25) is 0 Å². The number of hydrogen-bond donors (Lipinski definition) is 1. The van der Waals surface area contributed by atoms with Crippen molar-refractivity contribution in [2.75, 3.05) is 0 Å². The van der Waals surface area contributed by atoms with Crippen molar-refractivity contribution in [3.05, 3.63) is 66.5 Å². The van der Waals surface area contributed by atoms with E-state index >= 15 is 0 Å². The van der Waals surface area contributed by atoms with E-state index in [9.17, 15) is 5.11 Å². The third kappa shape index (κ3) is 2.52. The molecule has 0 bridgehead atoms. The number of aromatic hydroxyl groups is 1. The van der Waals surface area contributed by atoms with Gasteiger partial charge < -0.3 is 5.11 Å². The van der Waals surface area contributed by atoms with Crippen LogP contribution in [0.15, 0.2) is 60.9 Å². The monoisotopic (exact) mass is 262 g/mol. The Morgan fingerprint density at radius 1 is 0.750 bits per heavy atom. The molecule has 98 valence electrons. The molecule has 1 N–H and O–H groups in total. The minimum Gasteiger partial charge on any atom is -0.508 e. The SMILES string of the molecule is Cc1ccnc(-c2cc(-c3ccc(O)cc3)ccn2)c1. The smallest absolute Gasteiger partial charge is 0.115 e. The number of benzene rings is 1. The van der Waals surface area contributed by atoms with E-state index in [1.807, 2.05) is 43.3 Å². The summed E-state index contributed by atoms with van der Waals surface area (Å²) >= 11 is 0. The third-order valence-electron chi connectivity index (χ3n) is 3.14. The molecule has 3 nitrogen and oxygen atoms in total. The highest BCUT2D eigenvalue weighted by atomic mass is 16.3. The number of aryl methyl sites for hydroxylation is 1. The lowest BCUT2D eigenvalue weighted by molar-refractivity contribution is 0.475. The summed E-state index contributed by atoms with van der Waals surface area (Å²) in [7, 11) is 0. The van der Waals surface area contributed by atoms with E-state index in [4.69, 9.17) is 0 Å². The topological polar surface area (TPSA) is 46.0 Å². The number of phenolic OH excluding ortho intramolecular Hbond substituents is 1. The molecule has 1 aromatic carbocycles. The maximum Gasteiger partial charge on any atom is 0.115 e. The maximum absolute atomic E-state index is 9.34. The molecule has 0 amide bonds. The van der Waals surface area contributed by atoms with Crippen LogP contribution in [0.25, 0.3) is 22.5 Å². The lowest BCUT2D eigenvalue weighted by Gasteiger charge is -2.05. The summed E-state index contributed by atoms with van der Waals surface area (Å²) in [6.45, 7) is 2.04. The Morgan fingerprint density at radius 3 is 2.10 bits per heavy atom. The van der Waals surface area contributed by atoms with Crippen LogP contribution in [-0.4, -0.2) is 15.1 Å². The van der Waals surface area contributed by atoms with E-state index in [-0.39, 0.29) is 5.75 Å². The Hall–Kier alpha value is -2.68. The lowest BCUT2D eigenvalue weighted by Crippen LogP contribution is -1.89. The fraction of sp³-hybridized carbons (Fsp3) is 0.0588. The highest BCUT2D eigenvalue weighted by Gasteiger charge is 2.04. The number of rotatable bonds is 2. The lowest BCUT2D eigenvalue weighted by atomic mass is 10.0. The molecule has 0 fully saturated rings. The molecule has 3 aromatic rings. The molecule has 0 aliphatic carbocycles. The molecule has 0 unspecified atom stereocenters. The number of pyridine rings is 2. The van der Waals surface area contributed by atoms with Crippen LogP contribution in [0.4, 0.5) is 0 Å². The van der Waals surface area contributed by atoms with Gasteiger partial charge in [-0.1, -0.05) is 12.1 Å².